The number of fused-ring (bicyclic) bond motifs is 1. The van der Waals surface area contributed by atoms with Crippen LogP contribution in [0.3, 0.4) is 0 Å². The fourth-order valence-electron chi connectivity index (χ4n) is 2.86. The van der Waals surface area contributed by atoms with Crippen LogP contribution in [0, 0.1) is 0 Å². The second-order valence-corrected chi connectivity index (χ2v) is 8.19. The van der Waals surface area contributed by atoms with Crippen LogP contribution < -0.4 is 19.9 Å². The molecule has 0 spiro atoms. The molecule has 150 valence electrons. The molecule has 0 fully saturated rings. The third-order valence-corrected chi connectivity index (χ3v) is 5.16. The molecule has 3 N–H and O–H groups in total. The van der Waals surface area contributed by atoms with Crippen molar-refractivity contribution >= 4 is 21.6 Å². The lowest BCUT2D eigenvalue weighted by molar-refractivity contribution is -0.116. The molecule has 1 aliphatic heterocycles. The van der Waals surface area contributed by atoms with E-state index in [0.717, 1.165) is 11.5 Å². The number of rotatable bonds is 7. The van der Waals surface area contributed by atoms with Gasteiger partial charge >= 0.3 is 0 Å². The molecule has 28 heavy (non-hydrogen) atoms. The number of benzene rings is 2. The summed E-state index contributed by atoms with van der Waals surface area (Å²) in [6, 6.07) is 13.4. The lowest BCUT2D eigenvalue weighted by Gasteiger charge is -2.29. The van der Waals surface area contributed by atoms with E-state index in [2.05, 4.69) is 5.32 Å². The van der Waals surface area contributed by atoms with E-state index < -0.39 is 10.0 Å². The van der Waals surface area contributed by atoms with Crippen molar-refractivity contribution in [3.63, 3.8) is 0 Å². The minimum atomic E-state index is -3.81. The molecular formula is C19H23N3O5S. The van der Waals surface area contributed by atoms with Gasteiger partial charge in [0.2, 0.25) is 15.9 Å². The number of ether oxygens (including phenoxy) is 2. The van der Waals surface area contributed by atoms with Gasteiger partial charge in [0, 0.05) is 25.2 Å². The predicted octanol–water partition coefficient (Wildman–Crippen LogP) is 1.43. The quantitative estimate of drug-likeness (QED) is 0.721. The summed E-state index contributed by atoms with van der Waals surface area (Å²) in [6.45, 7) is 1.58. The molecule has 1 aliphatic rings. The zero-order valence-electron chi connectivity index (χ0n) is 15.5. The minimum absolute atomic E-state index is 0.0443. The van der Waals surface area contributed by atoms with Gasteiger partial charge in [-0.15, -0.1) is 0 Å². The molecule has 0 aromatic heterocycles. The van der Waals surface area contributed by atoms with Crippen LogP contribution in [0.1, 0.15) is 6.42 Å². The number of nitrogens with zero attached hydrogens (tertiary/aromatic N) is 1. The summed E-state index contributed by atoms with van der Waals surface area (Å²) in [4.78, 5) is 14.1. The van der Waals surface area contributed by atoms with Gasteiger partial charge in [-0.3, -0.25) is 4.79 Å². The first-order valence-electron chi connectivity index (χ1n) is 8.81. The number of primary sulfonamides is 1. The predicted molar refractivity (Wildman–Crippen MR) is 105 cm³/mol. The first-order chi connectivity index (χ1) is 13.3. The SMILES string of the molecule is CN(CCC(=O)Nc1cccc(S(N)(=O)=O)c1)CC1COc2ccccc2O1. The number of hydrogen-bond donors (Lipinski definition) is 2. The molecule has 0 saturated carbocycles. The number of nitrogens with one attached hydrogen (secondary N) is 1. The fraction of sp³-hybridized carbons (Fsp3) is 0.316. The van der Waals surface area contributed by atoms with Crippen molar-refractivity contribution in [1.82, 2.24) is 4.90 Å². The van der Waals surface area contributed by atoms with Crippen LogP contribution in [0.5, 0.6) is 11.5 Å². The maximum atomic E-state index is 12.2. The van der Waals surface area contributed by atoms with Crippen molar-refractivity contribution in [2.45, 2.75) is 17.4 Å². The zero-order chi connectivity index (χ0) is 20.1. The maximum absolute atomic E-state index is 12.2. The van der Waals surface area contributed by atoms with Gasteiger partial charge in [-0.05, 0) is 37.4 Å². The highest BCUT2D eigenvalue weighted by Crippen LogP contribution is 2.30. The van der Waals surface area contributed by atoms with E-state index in [0.29, 0.717) is 25.4 Å². The van der Waals surface area contributed by atoms with E-state index in [-0.39, 0.29) is 23.3 Å². The summed E-state index contributed by atoms with van der Waals surface area (Å²) >= 11 is 0. The molecule has 1 amide bonds. The standard InChI is InChI=1S/C19H23N3O5S/c1-22(12-15-13-26-17-7-2-3-8-18(17)27-15)10-9-19(23)21-14-5-4-6-16(11-14)28(20,24)25/h2-8,11,15H,9-10,12-13H2,1H3,(H,21,23)(H2,20,24,25). The van der Waals surface area contributed by atoms with Crippen molar-refractivity contribution in [2.24, 2.45) is 5.14 Å². The molecule has 1 atom stereocenters. The number of carbonyl (C=O) groups excluding carboxylic acids is 1. The van der Waals surface area contributed by atoms with Crippen molar-refractivity contribution in [3.05, 3.63) is 48.5 Å². The Bertz CT molecular complexity index is 948. The third-order valence-electron chi connectivity index (χ3n) is 4.25. The highest BCUT2D eigenvalue weighted by atomic mass is 32.2. The average Bonchev–Trinajstić information content (AvgIpc) is 2.66. The number of sulfonamides is 1. The molecule has 2 aromatic rings. The molecule has 1 heterocycles. The van der Waals surface area contributed by atoms with Gasteiger partial charge in [-0.25, -0.2) is 13.6 Å². The summed E-state index contributed by atoms with van der Waals surface area (Å²) in [6.07, 6.45) is 0.134. The number of anilines is 1. The van der Waals surface area contributed by atoms with Gasteiger partial charge in [-0.1, -0.05) is 18.2 Å². The molecule has 3 rings (SSSR count). The van der Waals surface area contributed by atoms with Gasteiger partial charge in [-0.2, -0.15) is 0 Å². The van der Waals surface area contributed by atoms with Crippen LogP contribution in [-0.4, -0.2) is 52.1 Å². The van der Waals surface area contributed by atoms with Crippen molar-refractivity contribution in [3.8, 4) is 11.5 Å². The Morgan fingerprint density at radius 3 is 2.71 bits per heavy atom. The monoisotopic (exact) mass is 405 g/mol. The number of amides is 1. The van der Waals surface area contributed by atoms with E-state index in [9.17, 15) is 13.2 Å². The molecule has 0 bridgehead atoms. The third kappa shape index (κ3) is 5.44. The average molecular weight is 405 g/mol. The normalized spacial score (nSPS) is 16.0. The first-order valence-corrected chi connectivity index (χ1v) is 10.4. The van der Waals surface area contributed by atoms with Crippen LogP contribution in [-0.2, 0) is 14.8 Å². The highest BCUT2D eigenvalue weighted by molar-refractivity contribution is 7.89. The summed E-state index contributed by atoms with van der Waals surface area (Å²) < 4.78 is 34.4. The van der Waals surface area contributed by atoms with Crippen LogP contribution in [0.2, 0.25) is 0 Å². The first kappa shape index (κ1) is 20.1. The number of hydrogen-bond acceptors (Lipinski definition) is 6. The lowest BCUT2D eigenvalue weighted by atomic mass is 10.2. The smallest absolute Gasteiger partial charge is 0.238 e. The number of nitrogens with two attached hydrogens (primary N) is 1. The van der Waals surface area contributed by atoms with Crippen LogP contribution >= 0.6 is 0 Å². The van der Waals surface area contributed by atoms with Gasteiger partial charge in [0.1, 0.15) is 12.7 Å². The van der Waals surface area contributed by atoms with Gasteiger partial charge < -0.3 is 19.7 Å². The Morgan fingerprint density at radius 2 is 1.96 bits per heavy atom. The van der Waals surface area contributed by atoms with E-state index in [1.807, 2.05) is 36.2 Å². The maximum Gasteiger partial charge on any atom is 0.238 e. The molecule has 9 heteroatoms. The molecular weight excluding hydrogens is 382 g/mol. The molecule has 0 saturated heterocycles. The minimum Gasteiger partial charge on any atom is -0.486 e. The number of likely N-dealkylation sites (N-methyl/N-ethyl adjacent to an activating group) is 1. The van der Waals surface area contributed by atoms with E-state index in [1.54, 1.807) is 6.07 Å². The molecule has 2 aromatic carbocycles. The molecule has 0 radical (unpaired) electrons. The Morgan fingerprint density at radius 1 is 1.21 bits per heavy atom. The Hall–Kier alpha value is -2.62. The van der Waals surface area contributed by atoms with Crippen LogP contribution in [0.25, 0.3) is 0 Å². The second kappa shape index (κ2) is 8.59. The topological polar surface area (TPSA) is 111 Å². The second-order valence-electron chi connectivity index (χ2n) is 6.63. The largest absolute Gasteiger partial charge is 0.486 e. The number of carbonyl (C=O) groups is 1. The Labute approximate surface area is 164 Å². The summed E-state index contributed by atoms with van der Waals surface area (Å²) in [5.74, 6) is 1.24. The van der Waals surface area contributed by atoms with E-state index in [4.69, 9.17) is 14.6 Å². The van der Waals surface area contributed by atoms with Crippen molar-refractivity contribution in [1.29, 1.82) is 0 Å². The summed E-state index contributed by atoms with van der Waals surface area (Å²) in [5.41, 5.74) is 0.389. The van der Waals surface area contributed by atoms with Gasteiger partial charge in [0.15, 0.2) is 11.5 Å². The summed E-state index contributed by atoms with van der Waals surface area (Å²) in [7, 11) is -1.91. The van der Waals surface area contributed by atoms with Gasteiger partial charge in [0.05, 0.1) is 4.90 Å². The molecule has 0 aliphatic carbocycles. The highest BCUT2D eigenvalue weighted by Gasteiger charge is 2.22. The van der Waals surface area contributed by atoms with E-state index in [1.165, 1.54) is 18.2 Å². The summed E-state index contributed by atoms with van der Waals surface area (Å²) in [5, 5.41) is 7.79. The lowest BCUT2D eigenvalue weighted by Crippen LogP contribution is -2.40. The van der Waals surface area contributed by atoms with E-state index >= 15 is 0 Å². The van der Waals surface area contributed by atoms with Crippen molar-refractivity contribution in [2.75, 3.05) is 32.1 Å². The van der Waals surface area contributed by atoms with Crippen LogP contribution in [0.15, 0.2) is 53.4 Å². The molecule has 8 nitrogen and oxygen atoms in total. The Balaban J connectivity index is 1.46. The number of para-hydroxylation sites is 2. The van der Waals surface area contributed by atoms with Crippen LogP contribution in [0.4, 0.5) is 5.69 Å². The Kier molecular flexibility index (Phi) is 6.18. The zero-order valence-corrected chi connectivity index (χ0v) is 16.3. The van der Waals surface area contributed by atoms with Gasteiger partial charge in [0.25, 0.3) is 0 Å². The fourth-order valence-corrected chi connectivity index (χ4v) is 3.42. The van der Waals surface area contributed by atoms with Crippen molar-refractivity contribution < 1.29 is 22.7 Å². The molecule has 1 unspecified atom stereocenters.